The fourth-order valence-electron chi connectivity index (χ4n) is 2.52. The highest BCUT2D eigenvalue weighted by molar-refractivity contribution is 5.76. The van der Waals surface area contributed by atoms with Crippen molar-refractivity contribution in [3.63, 3.8) is 0 Å². The minimum atomic E-state index is -4.61. The molecule has 1 atom stereocenters. The van der Waals surface area contributed by atoms with Crippen LogP contribution in [0.5, 0.6) is 0 Å². The van der Waals surface area contributed by atoms with Gasteiger partial charge in [-0.05, 0) is 38.0 Å². The quantitative estimate of drug-likeness (QED) is 0.910. The van der Waals surface area contributed by atoms with Gasteiger partial charge < -0.3 is 5.32 Å². The van der Waals surface area contributed by atoms with Gasteiger partial charge >= 0.3 is 6.18 Å². The Hall–Kier alpha value is -2.38. The maximum atomic E-state index is 13.2. The molecular weight excluding hydrogens is 321 g/mol. The number of aromatic nitrogens is 3. The minimum absolute atomic E-state index is 0.0488. The predicted molar refractivity (Wildman–Crippen MR) is 82.2 cm³/mol. The van der Waals surface area contributed by atoms with E-state index in [0.717, 1.165) is 17.0 Å². The molecule has 24 heavy (non-hydrogen) atoms. The molecule has 0 aliphatic carbocycles. The van der Waals surface area contributed by atoms with Crippen molar-refractivity contribution in [2.45, 2.75) is 38.9 Å². The Balaban J connectivity index is 2.06. The number of rotatable bonds is 5. The third kappa shape index (κ3) is 4.12. The zero-order valence-corrected chi connectivity index (χ0v) is 13.7. The molecule has 5 nitrogen and oxygen atoms in total. The Morgan fingerprint density at radius 2 is 2.04 bits per heavy atom. The van der Waals surface area contributed by atoms with E-state index < -0.39 is 18.1 Å². The monoisotopic (exact) mass is 340 g/mol. The number of amides is 1. The number of carbonyl (C=O) groups is 1. The first-order chi connectivity index (χ1) is 11.2. The van der Waals surface area contributed by atoms with E-state index in [9.17, 15) is 18.0 Å². The first-order valence-electron chi connectivity index (χ1n) is 7.46. The largest absolute Gasteiger partial charge is 0.414 e. The summed E-state index contributed by atoms with van der Waals surface area (Å²) in [7, 11) is 1.78. The average Bonchev–Trinajstić information content (AvgIpc) is 2.75. The van der Waals surface area contributed by atoms with Gasteiger partial charge in [0, 0.05) is 25.4 Å². The van der Waals surface area contributed by atoms with Crippen LogP contribution < -0.4 is 5.32 Å². The molecule has 0 fully saturated rings. The van der Waals surface area contributed by atoms with Crippen molar-refractivity contribution >= 4 is 5.91 Å². The number of aryl methyl sites for hydroxylation is 2. The van der Waals surface area contributed by atoms with Gasteiger partial charge in [-0.25, -0.2) is 0 Å². The van der Waals surface area contributed by atoms with Crippen LogP contribution in [0.15, 0.2) is 24.4 Å². The van der Waals surface area contributed by atoms with Gasteiger partial charge in [0.25, 0.3) is 0 Å². The zero-order chi connectivity index (χ0) is 17.9. The lowest BCUT2D eigenvalue weighted by Crippen LogP contribution is -2.38. The topological polar surface area (TPSA) is 59.8 Å². The van der Waals surface area contributed by atoms with Crippen LogP contribution in [0.2, 0.25) is 0 Å². The summed E-state index contributed by atoms with van der Waals surface area (Å²) in [5.74, 6) is -0.675. The number of halogens is 3. The van der Waals surface area contributed by atoms with Crippen LogP contribution in [0.3, 0.4) is 0 Å². The number of nitrogens with zero attached hydrogens (tertiary/aromatic N) is 3. The van der Waals surface area contributed by atoms with E-state index in [4.69, 9.17) is 0 Å². The minimum Gasteiger partial charge on any atom is -0.340 e. The summed E-state index contributed by atoms with van der Waals surface area (Å²) in [5.41, 5.74) is 2.33. The van der Waals surface area contributed by atoms with Gasteiger partial charge in [0.2, 0.25) is 5.91 Å². The Morgan fingerprint density at radius 3 is 2.54 bits per heavy atom. The second-order valence-electron chi connectivity index (χ2n) is 5.57. The van der Waals surface area contributed by atoms with Crippen LogP contribution >= 0.6 is 0 Å². The van der Waals surface area contributed by atoms with E-state index in [1.54, 1.807) is 11.7 Å². The molecule has 0 saturated heterocycles. The number of hydrogen-bond acceptors (Lipinski definition) is 3. The number of hydrogen-bond donors (Lipinski definition) is 1. The Bertz CT molecular complexity index is 710. The van der Waals surface area contributed by atoms with Crippen molar-refractivity contribution in [3.8, 4) is 0 Å². The molecule has 0 bridgehead atoms. The highest BCUT2D eigenvalue weighted by atomic mass is 19.4. The molecule has 8 heteroatoms. The number of pyridine rings is 1. The molecule has 130 valence electrons. The lowest BCUT2D eigenvalue weighted by molar-refractivity contribution is -0.164. The highest BCUT2D eigenvalue weighted by Gasteiger charge is 2.42. The summed E-state index contributed by atoms with van der Waals surface area (Å²) in [6.45, 7) is 3.67. The molecular formula is C16H19F3N4O. The van der Waals surface area contributed by atoms with Crippen molar-refractivity contribution < 1.29 is 18.0 Å². The number of carbonyl (C=O) groups excluding carboxylic acids is 1. The maximum absolute atomic E-state index is 13.2. The number of alkyl halides is 3. The third-order valence-electron chi connectivity index (χ3n) is 3.88. The van der Waals surface area contributed by atoms with Crippen LogP contribution in [0.25, 0.3) is 0 Å². The number of nitrogens with one attached hydrogen (secondary N) is 1. The maximum Gasteiger partial charge on any atom is 0.414 e. The molecule has 2 heterocycles. The summed E-state index contributed by atoms with van der Waals surface area (Å²) >= 11 is 0. The summed E-state index contributed by atoms with van der Waals surface area (Å²) in [5, 5.41) is 6.27. The molecule has 1 N–H and O–H groups in total. The normalized spacial score (nSPS) is 12.9. The molecule has 0 radical (unpaired) electrons. The Labute approximate surface area is 137 Å². The molecule has 2 rings (SSSR count). The Morgan fingerprint density at radius 1 is 1.33 bits per heavy atom. The van der Waals surface area contributed by atoms with Crippen LogP contribution in [0.1, 0.15) is 35.1 Å². The van der Waals surface area contributed by atoms with Crippen LogP contribution in [0, 0.1) is 13.8 Å². The van der Waals surface area contributed by atoms with Crippen molar-refractivity contribution in [1.82, 2.24) is 20.1 Å². The second-order valence-corrected chi connectivity index (χ2v) is 5.57. The van der Waals surface area contributed by atoms with Gasteiger partial charge in [0.1, 0.15) is 0 Å². The van der Waals surface area contributed by atoms with E-state index in [-0.39, 0.29) is 12.1 Å². The zero-order valence-electron chi connectivity index (χ0n) is 13.7. The van der Waals surface area contributed by atoms with Crippen molar-refractivity contribution in [3.05, 3.63) is 47.0 Å². The van der Waals surface area contributed by atoms with E-state index in [1.807, 2.05) is 19.2 Å². The Kier molecular flexibility index (Phi) is 5.26. The summed E-state index contributed by atoms with van der Waals surface area (Å²) in [6.07, 6.45) is -3.05. The first kappa shape index (κ1) is 18.0. The lowest BCUT2D eigenvalue weighted by atomic mass is 10.1. The molecule has 0 aliphatic heterocycles. The molecule has 2 aromatic rings. The highest BCUT2D eigenvalue weighted by Crippen LogP contribution is 2.31. The van der Waals surface area contributed by atoms with Crippen molar-refractivity contribution in [2.75, 3.05) is 0 Å². The molecule has 1 amide bonds. The van der Waals surface area contributed by atoms with Crippen LogP contribution in [-0.2, 0) is 18.3 Å². The fraction of sp³-hybridized carbons (Fsp3) is 0.438. The van der Waals surface area contributed by atoms with Crippen LogP contribution in [0.4, 0.5) is 13.2 Å². The van der Waals surface area contributed by atoms with Gasteiger partial charge in [-0.15, -0.1) is 0 Å². The standard InChI is InChI=1S/C16H19F3N4O/c1-10-12(11(2)23(3)22-10)7-8-14(24)21-15(16(17,18)19)13-6-4-5-9-20-13/h4-6,9,15H,7-8H2,1-3H3,(H,21,24). The van der Waals surface area contributed by atoms with Gasteiger partial charge in [-0.1, -0.05) is 6.07 Å². The van der Waals surface area contributed by atoms with E-state index in [0.29, 0.717) is 6.42 Å². The summed E-state index contributed by atoms with van der Waals surface area (Å²) in [4.78, 5) is 15.7. The average molecular weight is 340 g/mol. The van der Waals surface area contributed by atoms with Gasteiger partial charge in [0.15, 0.2) is 6.04 Å². The molecule has 0 aromatic carbocycles. The van der Waals surface area contributed by atoms with Crippen molar-refractivity contribution in [2.24, 2.45) is 7.05 Å². The fourth-order valence-corrected chi connectivity index (χ4v) is 2.52. The van der Waals surface area contributed by atoms with Gasteiger partial charge in [0.05, 0.1) is 11.4 Å². The lowest BCUT2D eigenvalue weighted by Gasteiger charge is -2.21. The smallest absolute Gasteiger partial charge is 0.340 e. The van der Waals surface area contributed by atoms with E-state index >= 15 is 0 Å². The summed E-state index contributed by atoms with van der Waals surface area (Å²) < 4.78 is 41.3. The van der Waals surface area contributed by atoms with E-state index in [2.05, 4.69) is 10.1 Å². The van der Waals surface area contributed by atoms with E-state index in [1.165, 1.54) is 24.4 Å². The molecule has 2 aromatic heterocycles. The molecule has 0 aliphatic rings. The SMILES string of the molecule is Cc1nn(C)c(C)c1CCC(=O)NC(c1ccccn1)C(F)(F)F. The van der Waals surface area contributed by atoms with Gasteiger partial charge in [-0.2, -0.15) is 18.3 Å². The molecule has 0 saturated carbocycles. The summed E-state index contributed by atoms with van der Waals surface area (Å²) in [6, 6.07) is 2.11. The van der Waals surface area contributed by atoms with Crippen molar-refractivity contribution in [1.29, 1.82) is 0 Å². The predicted octanol–water partition coefficient (Wildman–Crippen LogP) is 2.78. The van der Waals surface area contributed by atoms with Crippen LogP contribution in [-0.4, -0.2) is 26.8 Å². The third-order valence-corrected chi connectivity index (χ3v) is 3.88. The molecule has 0 spiro atoms. The molecule has 1 unspecified atom stereocenters. The first-order valence-corrected chi connectivity index (χ1v) is 7.46. The second kappa shape index (κ2) is 7.02. The van der Waals surface area contributed by atoms with Gasteiger partial charge in [-0.3, -0.25) is 14.5 Å².